The Morgan fingerprint density at radius 3 is 1.94 bits per heavy atom. The molecule has 0 aromatic heterocycles. The van der Waals surface area contributed by atoms with Crippen molar-refractivity contribution >= 4 is 0 Å². The Morgan fingerprint density at radius 1 is 0.938 bits per heavy atom. The molecule has 0 aliphatic heterocycles. The van der Waals surface area contributed by atoms with Gasteiger partial charge in [-0.2, -0.15) is 0 Å². The van der Waals surface area contributed by atoms with Crippen molar-refractivity contribution < 1.29 is 5.11 Å². The molecule has 0 aromatic carbocycles. The van der Waals surface area contributed by atoms with Crippen molar-refractivity contribution in [3.63, 3.8) is 0 Å². The van der Waals surface area contributed by atoms with Gasteiger partial charge in [-0.3, -0.25) is 0 Å². The summed E-state index contributed by atoms with van der Waals surface area (Å²) in [7, 11) is 0. The van der Waals surface area contributed by atoms with E-state index < -0.39 is 0 Å². The first-order valence-corrected chi connectivity index (χ1v) is 6.92. The summed E-state index contributed by atoms with van der Waals surface area (Å²) in [6, 6.07) is 0. The van der Waals surface area contributed by atoms with E-state index in [1.807, 2.05) is 0 Å². The molecule has 1 N–H and O–H groups in total. The third-order valence-electron chi connectivity index (χ3n) is 2.99. The fraction of sp³-hybridized carbons (Fsp3) is 0.867. The number of terminal acetylenes is 1. The number of hydrogen-bond acceptors (Lipinski definition) is 1. The van der Waals surface area contributed by atoms with Gasteiger partial charge in [0.25, 0.3) is 0 Å². The molecule has 0 spiro atoms. The maximum absolute atomic E-state index is 9.41. The van der Waals surface area contributed by atoms with E-state index in [0.29, 0.717) is 6.42 Å². The van der Waals surface area contributed by atoms with Gasteiger partial charge < -0.3 is 5.11 Å². The van der Waals surface area contributed by atoms with Crippen LogP contribution in [0.15, 0.2) is 0 Å². The average Bonchev–Trinajstić information content (AvgIpc) is 2.27. The lowest BCUT2D eigenvalue weighted by Gasteiger charge is -2.06. The largest absolute Gasteiger partial charge is 0.392 e. The molecule has 0 fully saturated rings. The quantitative estimate of drug-likeness (QED) is 0.410. The summed E-state index contributed by atoms with van der Waals surface area (Å²) in [6.45, 7) is 2.25. The van der Waals surface area contributed by atoms with Crippen molar-refractivity contribution in [2.45, 2.75) is 83.7 Å². The second-order valence-corrected chi connectivity index (χ2v) is 4.68. The van der Waals surface area contributed by atoms with Crippen molar-refractivity contribution in [1.82, 2.24) is 0 Å². The molecule has 0 saturated carbocycles. The third kappa shape index (κ3) is 11.6. The fourth-order valence-corrected chi connectivity index (χ4v) is 1.93. The first-order chi connectivity index (χ1) is 7.81. The van der Waals surface area contributed by atoms with Crippen molar-refractivity contribution in [2.24, 2.45) is 0 Å². The molecule has 0 heterocycles. The minimum absolute atomic E-state index is 0.269. The molecule has 94 valence electrons. The summed E-state index contributed by atoms with van der Waals surface area (Å²) in [4.78, 5) is 0. The highest BCUT2D eigenvalue weighted by molar-refractivity contribution is 4.86. The highest BCUT2D eigenvalue weighted by Gasteiger charge is 2.00. The fourth-order valence-electron chi connectivity index (χ4n) is 1.93. The van der Waals surface area contributed by atoms with E-state index in [9.17, 15) is 5.11 Å². The van der Waals surface area contributed by atoms with E-state index in [1.54, 1.807) is 0 Å². The second-order valence-electron chi connectivity index (χ2n) is 4.68. The monoisotopic (exact) mass is 224 g/mol. The van der Waals surface area contributed by atoms with E-state index in [1.165, 1.54) is 51.4 Å². The third-order valence-corrected chi connectivity index (χ3v) is 2.99. The zero-order chi connectivity index (χ0) is 12.1. The zero-order valence-electron chi connectivity index (χ0n) is 10.9. The topological polar surface area (TPSA) is 20.2 Å². The van der Waals surface area contributed by atoms with Crippen molar-refractivity contribution in [3.8, 4) is 12.3 Å². The lowest BCUT2D eigenvalue weighted by atomic mass is 10.0. The van der Waals surface area contributed by atoms with E-state index in [-0.39, 0.29) is 6.10 Å². The first kappa shape index (κ1) is 15.5. The lowest BCUT2D eigenvalue weighted by molar-refractivity contribution is 0.166. The van der Waals surface area contributed by atoms with Crippen LogP contribution >= 0.6 is 0 Å². The summed E-state index contributed by atoms with van der Waals surface area (Å²) in [6.07, 6.45) is 18.2. The molecular formula is C15H28O. The number of aliphatic hydroxyl groups is 1. The summed E-state index contributed by atoms with van der Waals surface area (Å²) < 4.78 is 0. The Balaban J connectivity index is 3.01. The van der Waals surface area contributed by atoms with Gasteiger partial charge in [0, 0.05) is 6.42 Å². The van der Waals surface area contributed by atoms with Gasteiger partial charge in [0.15, 0.2) is 0 Å². The molecule has 0 amide bonds. The van der Waals surface area contributed by atoms with Crippen LogP contribution in [0.2, 0.25) is 0 Å². The van der Waals surface area contributed by atoms with Crippen molar-refractivity contribution in [1.29, 1.82) is 0 Å². The van der Waals surface area contributed by atoms with Gasteiger partial charge in [0.2, 0.25) is 0 Å². The Labute approximate surface area is 102 Å². The Hall–Kier alpha value is -0.480. The smallest absolute Gasteiger partial charge is 0.0649 e. The highest BCUT2D eigenvalue weighted by Crippen LogP contribution is 2.11. The van der Waals surface area contributed by atoms with Crippen LogP contribution in [0.5, 0.6) is 0 Å². The van der Waals surface area contributed by atoms with E-state index in [0.717, 1.165) is 12.8 Å². The SMILES string of the molecule is C#CC[C@H](O)CCCCCCCCCCC. The van der Waals surface area contributed by atoms with Gasteiger partial charge >= 0.3 is 0 Å². The summed E-state index contributed by atoms with van der Waals surface area (Å²) >= 11 is 0. The van der Waals surface area contributed by atoms with Crippen LogP contribution in [0.25, 0.3) is 0 Å². The Morgan fingerprint density at radius 2 is 1.44 bits per heavy atom. The molecule has 0 rings (SSSR count). The van der Waals surface area contributed by atoms with Gasteiger partial charge in [0.05, 0.1) is 6.10 Å². The molecule has 0 saturated heterocycles. The van der Waals surface area contributed by atoms with Crippen LogP contribution in [-0.2, 0) is 0 Å². The molecule has 0 aliphatic rings. The van der Waals surface area contributed by atoms with Gasteiger partial charge in [-0.25, -0.2) is 0 Å². The van der Waals surface area contributed by atoms with Crippen LogP contribution in [0.1, 0.15) is 77.6 Å². The molecule has 0 bridgehead atoms. The Bertz CT molecular complexity index is 169. The molecule has 0 aliphatic carbocycles. The first-order valence-electron chi connectivity index (χ1n) is 6.92. The van der Waals surface area contributed by atoms with Crippen molar-refractivity contribution in [3.05, 3.63) is 0 Å². The molecule has 1 nitrogen and oxygen atoms in total. The summed E-state index contributed by atoms with van der Waals surface area (Å²) in [5.74, 6) is 2.50. The number of rotatable bonds is 11. The lowest BCUT2D eigenvalue weighted by Crippen LogP contribution is -2.04. The van der Waals surface area contributed by atoms with Crippen LogP contribution in [0.3, 0.4) is 0 Å². The number of aliphatic hydroxyl groups excluding tert-OH is 1. The maximum atomic E-state index is 9.41. The van der Waals surface area contributed by atoms with Gasteiger partial charge in [-0.15, -0.1) is 12.3 Å². The Kier molecular flexibility index (Phi) is 12.2. The normalized spacial score (nSPS) is 12.3. The second kappa shape index (κ2) is 12.6. The van der Waals surface area contributed by atoms with Crippen LogP contribution in [0.4, 0.5) is 0 Å². The minimum Gasteiger partial charge on any atom is -0.392 e. The van der Waals surface area contributed by atoms with E-state index in [4.69, 9.17) is 6.42 Å². The van der Waals surface area contributed by atoms with Crippen LogP contribution < -0.4 is 0 Å². The summed E-state index contributed by atoms with van der Waals surface area (Å²) in [5.41, 5.74) is 0. The van der Waals surface area contributed by atoms with Crippen molar-refractivity contribution in [2.75, 3.05) is 0 Å². The molecule has 16 heavy (non-hydrogen) atoms. The summed E-state index contributed by atoms with van der Waals surface area (Å²) in [5, 5.41) is 9.41. The molecule has 1 atom stereocenters. The number of hydrogen-bond donors (Lipinski definition) is 1. The van der Waals surface area contributed by atoms with Crippen LogP contribution in [-0.4, -0.2) is 11.2 Å². The van der Waals surface area contributed by atoms with Gasteiger partial charge in [-0.1, -0.05) is 64.7 Å². The molecule has 0 unspecified atom stereocenters. The predicted octanol–water partition coefficient (Wildman–Crippen LogP) is 4.29. The average molecular weight is 224 g/mol. The zero-order valence-corrected chi connectivity index (χ0v) is 10.9. The molecule has 0 aromatic rings. The van der Waals surface area contributed by atoms with Gasteiger partial charge in [0.1, 0.15) is 0 Å². The van der Waals surface area contributed by atoms with Crippen LogP contribution in [0, 0.1) is 12.3 Å². The number of unbranched alkanes of at least 4 members (excludes halogenated alkanes) is 8. The standard InChI is InChI=1S/C15H28O/c1-3-5-6-7-8-9-10-11-12-14-15(16)13-4-2/h2,15-16H,3,5-14H2,1H3/t15-/m0/s1. The maximum Gasteiger partial charge on any atom is 0.0649 e. The minimum atomic E-state index is -0.269. The molecule has 0 radical (unpaired) electrons. The molecule has 1 heteroatoms. The van der Waals surface area contributed by atoms with E-state index in [2.05, 4.69) is 12.8 Å². The van der Waals surface area contributed by atoms with E-state index >= 15 is 0 Å². The highest BCUT2D eigenvalue weighted by atomic mass is 16.3. The predicted molar refractivity (Wildman–Crippen MR) is 71.3 cm³/mol. The molecular weight excluding hydrogens is 196 g/mol. The van der Waals surface area contributed by atoms with Gasteiger partial charge in [-0.05, 0) is 6.42 Å².